The zero-order valence-corrected chi connectivity index (χ0v) is 17.6. The Balaban J connectivity index is 1.86. The first-order chi connectivity index (χ1) is 15.6. The number of aliphatic hydroxyl groups excluding tert-OH is 1. The Morgan fingerprint density at radius 1 is 1.12 bits per heavy atom. The van der Waals surface area contributed by atoms with Gasteiger partial charge in [-0.05, 0) is 54.6 Å². The molecule has 1 N–H and O–H groups in total. The highest BCUT2D eigenvalue weighted by atomic mass is 35.5. The summed E-state index contributed by atoms with van der Waals surface area (Å²) >= 11 is 6.13. The molecule has 4 rings (SSSR count). The molecule has 0 radical (unpaired) electrons. The first-order valence-electron chi connectivity index (χ1n) is 9.49. The average Bonchev–Trinajstić information content (AvgIpc) is 3.40. The molecule has 1 fully saturated rings. The number of aliphatic hydroxyl groups is 1. The van der Waals surface area contributed by atoms with Gasteiger partial charge in [0.15, 0.2) is 0 Å². The summed E-state index contributed by atoms with van der Waals surface area (Å²) in [7, 11) is 1.41. The van der Waals surface area contributed by atoms with Crippen LogP contribution in [0.1, 0.15) is 22.9 Å². The Kier molecular flexibility index (Phi) is 5.67. The number of carbonyl (C=O) groups excluding carboxylic acids is 2. The number of ether oxygens (including phenoxy) is 1. The van der Waals surface area contributed by atoms with Crippen molar-refractivity contribution in [2.45, 2.75) is 12.2 Å². The molecule has 1 amide bonds. The SMILES string of the molecule is COc1ccc(/C(O)=C2/C(=O)C(=O)N(c3ccc(C(F)(F)F)cc3)C2c2ccco2)cc1Cl. The Labute approximate surface area is 190 Å². The van der Waals surface area contributed by atoms with Crippen LogP contribution in [-0.4, -0.2) is 23.9 Å². The fourth-order valence-electron chi connectivity index (χ4n) is 3.60. The molecular weight excluding hydrogens is 463 g/mol. The van der Waals surface area contributed by atoms with Gasteiger partial charge in [-0.2, -0.15) is 13.2 Å². The summed E-state index contributed by atoms with van der Waals surface area (Å²) in [5, 5.41) is 11.1. The van der Waals surface area contributed by atoms with E-state index in [0.717, 1.165) is 29.2 Å². The predicted molar refractivity (Wildman–Crippen MR) is 113 cm³/mol. The van der Waals surface area contributed by atoms with E-state index in [1.54, 1.807) is 0 Å². The molecule has 1 aliphatic heterocycles. The third-order valence-electron chi connectivity index (χ3n) is 5.16. The molecule has 0 bridgehead atoms. The number of carbonyl (C=O) groups is 2. The summed E-state index contributed by atoms with van der Waals surface area (Å²) in [5.74, 6) is -2.11. The van der Waals surface area contributed by atoms with E-state index in [0.29, 0.717) is 5.75 Å². The monoisotopic (exact) mass is 477 g/mol. The number of nitrogens with zero attached hydrogens (tertiary/aromatic N) is 1. The minimum absolute atomic E-state index is 0.0262. The highest BCUT2D eigenvalue weighted by Gasteiger charge is 2.48. The van der Waals surface area contributed by atoms with Gasteiger partial charge < -0.3 is 14.3 Å². The molecule has 1 aliphatic rings. The van der Waals surface area contributed by atoms with Crippen molar-refractivity contribution in [3.05, 3.63) is 88.3 Å². The molecule has 1 saturated heterocycles. The van der Waals surface area contributed by atoms with Crippen LogP contribution < -0.4 is 9.64 Å². The molecule has 3 aromatic rings. The molecule has 1 atom stereocenters. The number of hydrogen-bond acceptors (Lipinski definition) is 5. The number of hydrogen-bond donors (Lipinski definition) is 1. The first kappa shape index (κ1) is 22.5. The zero-order chi connectivity index (χ0) is 23.9. The van der Waals surface area contributed by atoms with Gasteiger partial charge in [-0.25, -0.2) is 0 Å². The molecule has 6 nitrogen and oxygen atoms in total. The number of rotatable bonds is 4. The predicted octanol–water partition coefficient (Wildman–Crippen LogP) is 5.59. The topological polar surface area (TPSA) is 80.0 Å². The van der Waals surface area contributed by atoms with Crippen LogP contribution in [0.5, 0.6) is 5.75 Å². The van der Waals surface area contributed by atoms with Gasteiger partial charge in [-0.15, -0.1) is 0 Å². The number of anilines is 1. The highest BCUT2D eigenvalue weighted by Crippen LogP contribution is 2.43. The largest absolute Gasteiger partial charge is 0.507 e. The Morgan fingerprint density at radius 2 is 1.82 bits per heavy atom. The maximum atomic E-state index is 13.0. The fourth-order valence-corrected chi connectivity index (χ4v) is 3.85. The van der Waals surface area contributed by atoms with Gasteiger partial charge >= 0.3 is 6.18 Å². The second-order valence-corrected chi connectivity index (χ2v) is 7.49. The Bertz CT molecular complexity index is 1250. The quantitative estimate of drug-likeness (QED) is 0.301. The lowest BCUT2D eigenvalue weighted by Crippen LogP contribution is -2.29. The normalized spacial score (nSPS) is 18.1. The van der Waals surface area contributed by atoms with E-state index in [1.165, 1.54) is 43.7 Å². The number of halogens is 4. The van der Waals surface area contributed by atoms with E-state index in [4.69, 9.17) is 20.8 Å². The van der Waals surface area contributed by atoms with E-state index >= 15 is 0 Å². The molecule has 33 heavy (non-hydrogen) atoms. The van der Waals surface area contributed by atoms with E-state index < -0.39 is 35.2 Å². The molecule has 2 heterocycles. The molecule has 2 aromatic carbocycles. The summed E-state index contributed by atoms with van der Waals surface area (Å²) in [4.78, 5) is 26.9. The third-order valence-corrected chi connectivity index (χ3v) is 5.45. The molecule has 170 valence electrons. The second kappa shape index (κ2) is 8.32. The maximum Gasteiger partial charge on any atom is 0.416 e. The number of ketones is 1. The third kappa shape index (κ3) is 3.95. The summed E-state index contributed by atoms with van der Waals surface area (Å²) in [6.07, 6.45) is -3.26. The van der Waals surface area contributed by atoms with Gasteiger partial charge in [0.25, 0.3) is 11.7 Å². The number of benzene rings is 2. The molecule has 1 aromatic heterocycles. The molecule has 10 heteroatoms. The van der Waals surface area contributed by atoms with Crippen LogP contribution >= 0.6 is 11.6 Å². The Hall–Kier alpha value is -3.72. The van der Waals surface area contributed by atoms with Gasteiger partial charge in [-0.3, -0.25) is 14.5 Å². The molecular formula is C23H15ClF3NO5. The van der Waals surface area contributed by atoms with Crippen molar-refractivity contribution in [2.75, 3.05) is 12.0 Å². The van der Waals surface area contributed by atoms with E-state index in [1.807, 2.05) is 0 Å². The minimum atomic E-state index is -4.57. The van der Waals surface area contributed by atoms with Crippen molar-refractivity contribution in [1.82, 2.24) is 0 Å². The number of Topliss-reactive ketones (excluding diaryl/α,β-unsaturated/α-hetero) is 1. The number of furan rings is 1. The van der Waals surface area contributed by atoms with Gasteiger partial charge in [0.05, 0.1) is 29.5 Å². The molecule has 0 aliphatic carbocycles. The summed E-state index contributed by atoms with van der Waals surface area (Å²) in [5.41, 5.74) is -1.04. The molecule has 0 spiro atoms. The van der Waals surface area contributed by atoms with Crippen LogP contribution in [0, 0.1) is 0 Å². The van der Waals surface area contributed by atoms with Gasteiger partial charge in [0, 0.05) is 11.3 Å². The Morgan fingerprint density at radius 3 is 2.36 bits per heavy atom. The van der Waals surface area contributed by atoms with Crippen molar-refractivity contribution in [1.29, 1.82) is 0 Å². The second-order valence-electron chi connectivity index (χ2n) is 7.08. The standard InChI is InChI=1S/C23H15ClF3NO5/c1-32-16-9-4-12(11-15(16)24)20(29)18-19(17-3-2-10-33-17)28(22(31)21(18)30)14-7-5-13(6-8-14)23(25,26)27/h2-11,19,29H,1H3/b20-18-. The lowest BCUT2D eigenvalue weighted by Gasteiger charge is -2.23. The van der Waals surface area contributed by atoms with Crippen LogP contribution in [-0.2, 0) is 15.8 Å². The van der Waals surface area contributed by atoms with E-state index in [2.05, 4.69) is 0 Å². The van der Waals surface area contributed by atoms with E-state index in [9.17, 15) is 27.9 Å². The smallest absolute Gasteiger partial charge is 0.416 e. The van der Waals surface area contributed by atoms with Crippen molar-refractivity contribution in [3.8, 4) is 5.75 Å². The zero-order valence-electron chi connectivity index (χ0n) is 16.9. The maximum absolute atomic E-state index is 13.0. The van der Waals surface area contributed by atoms with Gasteiger partial charge in [0.2, 0.25) is 0 Å². The minimum Gasteiger partial charge on any atom is -0.507 e. The lowest BCUT2D eigenvalue weighted by molar-refractivity contribution is -0.137. The summed E-state index contributed by atoms with van der Waals surface area (Å²) in [6.45, 7) is 0. The first-order valence-corrected chi connectivity index (χ1v) is 9.87. The van der Waals surface area contributed by atoms with Crippen LogP contribution in [0.3, 0.4) is 0 Å². The highest BCUT2D eigenvalue weighted by molar-refractivity contribution is 6.51. The van der Waals surface area contributed by atoms with E-state index in [-0.39, 0.29) is 27.6 Å². The number of amides is 1. The van der Waals surface area contributed by atoms with Gasteiger partial charge in [-0.1, -0.05) is 11.6 Å². The van der Waals surface area contributed by atoms with Crippen molar-refractivity contribution < 1.29 is 37.0 Å². The van der Waals surface area contributed by atoms with Crippen molar-refractivity contribution in [2.24, 2.45) is 0 Å². The lowest BCUT2D eigenvalue weighted by atomic mass is 9.99. The van der Waals surface area contributed by atoms with Crippen LogP contribution in [0.2, 0.25) is 5.02 Å². The van der Waals surface area contributed by atoms with Crippen molar-refractivity contribution in [3.63, 3.8) is 0 Å². The van der Waals surface area contributed by atoms with Crippen LogP contribution in [0.4, 0.5) is 18.9 Å². The average molecular weight is 478 g/mol. The molecule has 1 unspecified atom stereocenters. The van der Waals surface area contributed by atoms with Crippen molar-refractivity contribution >= 4 is 34.7 Å². The number of methoxy groups -OCH3 is 1. The summed E-state index contributed by atoms with van der Waals surface area (Å²) < 4.78 is 49.4. The summed E-state index contributed by atoms with van der Waals surface area (Å²) in [6, 6.07) is 9.85. The van der Waals surface area contributed by atoms with Gasteiger partial charge in [0.1, 0.15) is 23.3 Å². The fraction of sp³-hybridized carbons (Fsp3) is 0.130. The number of alkyl halides is 3. The van der Waals surface area contributed by atoms with Crippen LogP contribution in [0.15, 0.2) is 70.9 Å². The van der Waals surface area contributed by atoms with Crippen LogP contribution in [0.25, 0.3) is 5.76 Å². The molecule has 0 saturated carbocycles.